The van der Waals surface area contributed by atoms with E-state index in [1.807, 2.05) is 44.2 Å². The summed E-state index contributed by atoms with van der Waals surface area (Å²) in [5.41, 5.74) is 7.44. The van der Waals surface area contributed by atoms with Crippen molar-refractivity contribution < 1.29 is 9.90 Å². The zero-order chi connectivity index (χ0) is 15.6. The van der Waals surface area contributed by atoms with Gasteiger partial charge < -0.3 is 10.8 Å². The monoisotopic (exact) mass is 324 g/mol. The molecule has 1 atom stereocenters. The molecule has 2 aromatic rings. The van der Waals surface area contributed by atoms with Gasteiger partial charge in [-0.05, 0) is 26.0 Å². The van der Waals surface area contributed by atoms with Crippen LogP contribution in [0.15, 0.2) is 30.3 Å². The molecule has 0 aliphatic rings. The summed E-state index contributed by atoms with van der Waals surface area (Å²) in [6, 6.07) is 8.78. The Morgan fingerprint density at radius 3 is 2.81 bits per heavy atom. The van der Waals surface area contributed by atoms with Crippen LogP contribution in [-0.2, 0) is 10.5 Å². The molecule has 6 heteroatoms. The molecular weight excluding hydrogens is 308 g/mol. The maximum atomic E-state index is 11.0. The molecule has 0 saturated heterocycles. The van der Waals surface area contributed by atoms with Crippen molar-refractivity contribution in [3.63, 3.8) is 0 Å². The highest BCUT2D eigenvalue weighted by Gasteiger charge is 2.32. The molecule has 0 bridgehead atoms. The number of hydrogen-bond donors (Lipinski definition) is 2. The van der Waals surface area contributed by atoms with E-state index in [-0.39, 0.29) is 0 Å². The average molecular weight is 325 g/mol. The van der Waals surface area contributed by atoms with Crippen molar-refractivity contribution >= 4 is 40.2 Å². The highest BCUT2D eigenvalue weighted by molar-refractivity contribution is 7.99. The Bertz CT molecular complexity index is 676. The lowest BCUT2D eigenvalue weighted by atomic mass is 10.1. The topological polar surface area (TPSA) is 76.2 Å². The van der Waals surface area contributed by atoms with Crippen LogP contribution < -0.4 is 5.73 Å². The molecule has 0 saturated carbocycles. The zero-order valence-electron chi connectivity index (χ0n) is 11.8. The highest BCUT2D eigenvalue weighted by atomic mass is 35.5. The summed E-state index contributed by atoms with van der Waals surface area (Å²) in [7, 11) is 0. The number of fused-ring (bicyclic) bond motifs is 1. The Hall–Kier alpha value is -1.30. The molecule has 0 amide bonds. The van der Waals surface area contributed by atoms with E-state index >= 15 is 0 Å². The van der Waals surface area contributed by atoms with Crippen molar-refractivity contribution in [1.82, 2.24) is 4.98 Å². The highest BCUT2D eigenvalue weighted by Crippen LogP contribution is 2.33. The van der Waals surface area contributed by atoms with Gasteiger partial charge in [0.05, 0.1) is 5.52 Å². The Morgan fingerprint density at radius 1 is 1.48 bits per heavy atom. The van der Waals surface area contributed by atoms with Gasteiger partial charge in [0, 0.05) is 21.4 Å². The second kappa shape index (κ2) is 6.22. The maximum Gasteiger partial charge on any atom is 0.321 e. The Labute approximate surface area is 132 Å². The third kappa shape index (κ3) is 3.67. The van der Waals surface area contributed by atoms with Crippen molar-refractivity contribution in [3.05, 3.63) is 41.0 Å². The third-order valence-corrected chi connectivity index (χ3v) is 5.15. The number of halogens is 1. The van der Waals surface area contributed by atoms with E-state index in [9.17, 15) is 4.79 Å². The van der Waals surface area contributed by atoms with Crippen LogP contribution in [-0.4, -0.2) is 26.8 Å². The molecule has 0 unspecified atom stereocenters. The number of benzene rings is 1. The molecule has 0 fully saturated rings. The fourth-order valence-corrected chi connectivity index (χ4v) is 3.21. The molecule has 1 heterocycles. The lowest BCUT2D eigenvalue weighted by molar-refractivity contribution is -0.139. The number of carboxylic acids is 1. The summed E-state index contributed by atoms with van der Waals surface area (Å²) in [6.07, 6.45) is 0. The van der Waals surface area contributed by atoms with Gasteiger partial charge in [0.2, 0.25) is 0 Å². The van der Waals surface area contributed by atoms with Crippen molar-refractivity contribution in [3.8, 4) is 0 Å². The van der Waals surface area contributed by atoms with Crippen LogP contribution in [0.1, 0.15) is 19.4 Å². The SMILES string of the molecule is CC(C)(SCc1cc2ccccc2nc1Cl)[C@@H](N)C(=O)O. The quantitative estimate of drug-likeness (QED) is 0.825. The minimum Gasteiger partial charge on any atom is -0.480 e. The largest absolute Gasteiger partial charge is 0.480 e. The summed E-state index contributed by atoms with van der Waals surface area (Å²) in [6.45, 7) is 3.64. The maximum absolute atomic E-state index is 11.0. The molecule has 0 spiro atoms. The number of carboxylic acid groups (broad SMARTS) is 1. The standard InChI is InChI=1S/C15H17ClN2O2S/c1-15(2,12(17)14(19)20)21-8-10-7-9-5-3-4-6-11(9)18-13(10)16/h3-7,12H,8,17H2,1-2H3,(H,19,20)/t12-/m0/s1. The number of nitrogens with two attached hydrogens (primary N) is 1. The van der Waals surface area contributed by atoms with E-state index in [2.05, 4.69) is 4.98 Å². The number of aromatic nitrogens is 1. The van der Waals surface area contributed by atoms with Crippen molar-refractivity contribution in [1.29, 1.82) is 0 Å². The van der Waals surface area contributed by atoms with E-state index in [0.717, 1.165) is 16.5 Å². The number of nitrogens with zero attached hydrogens (tertiary/aromatic N) is 1. The van der Waals surface area contributed by atoms with Crippen LogP contribution in [0.4, 0.5) is 0 Å². The minimum absolute atomic E-state index is 0.445. The molecular formula is C15H17ClN2O2S. The molecule has 0 radical (unpaired) electrons. The number of carbonyl (C=O) groups is 1. The molecule has 0 aliphatic heterocycles. The molecule has 1 aromatic heterocycles. The fourth-order valence-electron chi connectivity index (χ4n) is 1.89. The third-order valence-electron chi connectivity index (χ3n) is 3.36. The van der Waals surface area contributed by atoms with Gasteiger partial charge in [-0.2, -0.15) is 0 Å². The first-order valence-electron chi connectivity index (χ1n) is 6.48. The van der Waals surface area contributed by atoms with Gasteiger partial charge in [0.1, 0.15) is 11.2 Å². The van der Waals surface area contributed by atoms with Crippen LogP contribution in [0, 0.1) is 0 Å². The number of rotatable bonds is 5. The Balaban J connectivity index is 2.20. The summed E-state index contributed by atoms with van der Waals surface area (Å²) in [5.74, 6) is -0.444. The van der Waals surface area contributed by atoms with Gasteiger partial charge in [-0.1, -0.05) is 29.8 Å². The normalized spacial score (nSPS) is 13.3. The molecule has 0 aliphatic carbocycles. The number of aliphatic carboxylic acids is 1. The second-order valence-corrected chi connectivity index (χ2v) is 7.33. The summed E-state index contributed by atoms with van der Waals surface area (Å²) >= 11 is 7.66. The Kier molecular flexibility index (Phi) is 4.76. The summed E-state index contributed by atoms with van der Waals surface area (Å²) < 4.78 is -0.596. The average Bonchev–Trinajstić information content (AvgIpc) is 2.44. The lowest BCUT2D eigenvalue weighted by Crippen LogP contribution is -2.46. The molecule has 21 heavy (non-hydrogen) atoms. The van der Waals surface area contributed by atoms with E-state index in [4.69, 9.17) is 22.4 Å². The van der Waals surface area contributed by atoms with Crippen LogP contribution in [0.3, 0.4) is 0 Å². The molecule has 2 rings (SSSR count). The Morgan fingerprint density at radius 2 is 2.14 bits per heavy atom. The first-order valence-corrected chi connectivity index (χ1v) is 7.84. The summed E-state index contributed by atoms with van der Waals surface area (Å²) in [4.78, 5) is 15.4. The van der Waals surface area contributed by atoms with E-state index < -0.39 is 16.8 Å². The van der Waals surface area contributed by atoms with Crippen molar-refractivity contribution in [2.45, 2.75) is 30.4 Å². The number of hydrogen-bond acceptors (Lipinski definition) is 4. The van der Waals surface area contributed by atoms with Crippen LogP contribution in [0.5, 0.6) is 0 Å². The van der Waals surface area contributed by atoms with Gasteiger partial charge in [-0.25, -0.2) is 4.98 Å². The van der Waals surface area contributed by atoms with Crippen LogP contribution in [0.25, 0.3) is 10.9 Å². The van der Waals surface area contributed by atoms with Crippen LogP contribution >= 0.6 is 23.4 Å². The zero-order valence-corrected chi connectivity index (χ0v) is 13.4. The smallest absolute Gasteiger partial charge is 0.321 e. The summed E-state index contributed by atoms with van der Waals surface area (Å²) in [5, 5.41) is 10.5. The first-order chi connectivity index (χ1) is 9.81. The van der Waals surface area contributed by atoms with Crippen LogP contribution in [0.2, 0.25) is 5.15 Å². The van der Waals surface area contributed by atoms with E-state index in [0.29, 0.717) is 10.9 Å². The first kappa shape index (κ1) is 16.1. The van der Waals surface area contributed by atoms with Gasteiger partial charge in [0.15, 0.2) is 0 Å². The molecule has 4 nitrogen and oxygen atoms in total. The lowest BCUT2D eigenvalue weighted by Gasteiger charge is -2.28. The predicted molar refractivity (Wildman–Crippen MR) is 87.7 cm³/mol. The number of thioether (sulfide) groups is 1. The number of para-hydroxylation sites is 1. The van der Waals surface area contributed by atoms with Gasteiger partial charge in [-0.15, -0.1) is 11.8 Å². The minimum atomic E-state index is -1.00. The predicted octanol–water partition coefficient (Wildman–Crippen LogP) is 3.31. The molecule has 3 N–H and O–H groups in total. The van der Waals surface area contributed by atoms with Gasteiger partial charge in [-0.3, -0.25) is 4.79 Å². The number of pyridine rings is 1. The van der Waals surface area contributed by atoms with Gasteiger partial charge in [0.25, 0.3) is 0 Å². The fraction of sp³-hybridized carbons (Fsp3) is 0.333. The van der Waals surface area contributed by atoms with E-state index in [1.54, 1.807) is 0 Å². The van der Waals surface area contributed by atoms with Gasteiger partial charge >= 0.3 is 5.97 Å². The molecule has 1 aromatic carbocycles. The van der Waals surface area contributed by atoms with E-state index in [1.165, 1.54) is 11.8 Å². The van der Waals surface area contributed by atoms with Crippen molar-refractivity contribution in [2.75, 3.05) is 0 Å². The van der Waals surface area contributed by atoms with Crippen molar-refractivity contribution in [2.24, 2.45) is 5.73 Å². The molecule has 112 valence electrons. The second-order valence-electron chi connectivity index (χ2n) is 5.34.